The highest BCUT2D eigenvalue weighted by Gasteiger charge is 2.34. The molecule has 14 heteroatoms. The van der Waals surface area contributed by atoms with Crippen LogP contribution < -0.4 is 15.2 Å². The lowest BCUT2D eigenvalue weighted by atomic mass is 10.0. The minimum absolute atomic E-state index is 0.0493. The second kappa shape index (κ2) is 10.4. The molecule has 1 aliphatic rings. The average molecular weight is 522 g/mol. The van der Waals surface area contributed by atoms with Crippen LogP contribution in [-0.2, 0) is 18.3 Å². The monoisotopic (exact) mass is 522 g/mol. The van der Waals surface area contributed by atoms with Gasteiger partial charge in [0, 0.05) is 31.8 Å². The number of carbonyl (C=O) groups is 2. The van der Waals surface area contributed by atoms with E-state index in [0.717, 1.165) is 12.1 Å². The van der Waals surface area contributed by atoms with Crippen LogP contribution in [0.5, 0.6) is 11.6 Å². The first-order valence-electron chi connectivity index (χ1n) is 11.1. The fraction of sp³-hybridized carbons (Fsp3) is 0.348. The fourth-order valence-electron chi connectivity index (χ4n) is 3.82. The molecule has 0 spiro atoms. The molecule has 2 atom stereocenters. The van der Waals surface area contributed by atoms with E-state index >= 15 is 0 Å². The number of piperidine rings is 1. The molecule has 1 saturated heterocycles. The van der Waals surface area contributed by atoms with Crippen LogP contribution in [0, 0.1) is 0 Å². The van der Waals surface area contributed by atoms with Gasteiger partial charge in [-0.15, -0.1) is 18.3 Å². The SMILES string of the molecule is Cn1cc(-c2cnc(OC3CCN(C(=O)Cc4ccc(OC(F)(F)F)cc4)CC3F)c(C(N)=O)c2)nn1. The van der Waals surface area contributed by atoms with E-state index in [0.29, 0.717) is 16.8 Å². The van der Waals surface area contributed by atoms with Gasteiger partial charge in [-0.2, -0.15) is 0 Å². The summed E-state index contributed by atoms with van der Waals surface area (Å²) in [5.41, 5.74) is 6.81. The number of aromatic nitrogens is 4. The number of amides is 2. The van der Waals surface area contributed by atoms with Gasteiger partial charge in [-0.1, -0.05) is 17.3 Å². The van der Waals surface area contributed by atoms with Crippen molar-refractivity contribution in [1.82, 2.24) is 24.9 Å². The quantitative estimate of drug-likeness (QED) is 0.473. The number of nitrogens with two attached hydrogens (primary N) is 1. The van der Waals surface area contributed by atoms with E-state index in [1.165, 1.54) is 34.0 Å². The molecule has 0 bridgehead atoms. The molecule has 2 unspecified atom stereocenters. The third-order valence-electron chi connectivity index (χ3n) is 5.62. The predicted octanol–water partition coefficient (Wildman–Crippen LogP) is 2.44. The molecule has 2 N–H and O–H groups in total. The van der Waals surface area contributed by atoms with Crippen LogP contribution in [0.1, 0.15) is 22.3 Å². The molecule has 0 aliphatic carbocycles. The summed E-state index contributed by atoms with van der Waals surface area (Å²) < 4.78 is 62.8. The van der Waals surface area contributed by atoms with E-state index in [2.05, 4.69) is 20.0 Å². The Bertz CT molecular complexity index is 1280. The zero-order valence-corrected chi connectivity index (χ0v) is 19.5. The van der Waals surface area contributed by atoms with Crippen molar-refractivity contribution in [2.45, 2.75) is 31.5 Å². The fourth-order valence-corrected chi connectivity index (χ4v) is 3.82. The van der Waals surface area contributed by atoms with Crippen molar-refractivity contribution >= 4 is 11.8 Å². The van der Waals surface area contributed by atoms with Gasteiger partial charge in [0.25, 0.3) is 5.91 Å². The van der Waals surface area contributed by atoms with Crippen LogP contribution in [0.25, 0.3) is 11.3 Å². The Morgan fingerprint density at radius 1 is 1.22 bits per heavy atom. The van der Waals surface area contributed by atoms with Crippen molar-refractivity contribution in [2.24, 2.45) is 12.8 Å². The number of pyridine rings is 1. The lowest BCUT2D eigenvalue weighted by molar-refractivity contribution is -0.274. The lowest BCUT2D eigenvalue weighted by Gasteiger charge is -2.34. The minimum Gasteiger partial charge on any atom is -0.471 e. The summed E-state index contributed by atoms with van der Waals surface area (Å²) in [4.78, 5) is 30.1. The van der Waals surface area contributed by atoms with Crippen molar-refractivity contribution < 1.29 is 36.6 Å². The highest BCUT2D eigenvalue weighted by atomic mass is 19.4. The van der Waals surface area contributed by atoms with Gasteiger partial charge in [0.05, 0.1) is 19.2 Å². The highest BCUT2D eigenvalue weighted by molar-refractivity contribution is 5.96. The van der Waals surface area contributed by atoms with Gasteiger partial charge in [0.1, 0.15) is 23.1 Å². The number of aryl methyl sites for hydroxylation is 1. The van der Waals surface area contributed by atoms with E-state index in [1.807, 2.05) is 0 Å². The average Bonchev–Trinajstić information content (AvgIpc) is 3.27. The first-order valence-corrected chi connectivity index (χ1v) is 11.1. The van der Waals surface area contributed by atoms with E-state index in [1.54, 1.807) is 13.2 Å². The number of halogens is 4. The second-order valence-corrected chi connectivity index (χ2v) is 8.39. The van der Waals surface area contributed by atoms with Gasteiger partial charge in [-0.25, -0.2) is 9.37 Å². The van der Waals surface area contributed by atoms with Crippen molar-refractivity contribution in [3.05, 3.63) is 53.9 Å². The van der Waals surface area contributed by atoms with Crippen LogP contribution in [0.2, 0.25) is 0 Å². The Morgan fingerprint density at radius 2 is 1.95 bits per heavy atom. The molecule has 10 nitrogen and oxygen atoms in total. The Balaban J connectivity index is 1.37. The van der Waals surface area contributed by atoms with Crippen LogP contribution in [0.15, 0.2) is 42.7 Å². The molecule has 4 rings (SSSR count). The second-order valence-electron chi connectivity index (χ2n) is 8.39. The molecule has 0 saturated carbocycles. The lowest BCUT2D eigenvalue weighted by Crippen LogP contribution is -2.49. The maximum atomic E-state index is 15.0. The summed E-state index contributed by atoms with van der Waals surface area (Å²) in [6.07, 6.45) is -4.34. The largest absolute Gasteiger partial charge is 0.573 e. The van der Waals surface area contributed by atoms with Gasteiger partial charge < -0.3 is 20.1 Å². The first-order chi connectivity index (χ1) is 17.5. The van der Waals surface area contributed by atoms with E-state index in [4.69, 9.17) is 10.5 Å². The van der Waals surface area contributed by atoms with Crippen LogP contribution in [0.4, 0.5) is 17.6 Å². The number of rotatable bonds is 7. The molecule has 0 radical (unpaired) electrons. The minimum atomic E-state index is -4.81. The summed E-state index contributed by atoms with van der Waals surface area (Å²) in [6.45, 7) is -0.0921. The number of hydrogen-bond acceptors (Lipinski definition) is 7. The van der Waals surface area contributed by atoms with E-state index in [-0.39, 0.29) is 37.4 Å². The Hall–Kier alpha value is -4.23. The molecular formula is C23H22F4N6O4. The number of primary amides is 1. The van der Waals surface area contributed by atoms with Gasteiger partial charge in [-0.05, 0) is 23.8 Å². The van der Waals surface area contributed by atoms with Crippen molar-refractivity contribution in [3.63, 3.8) is 0 Å². The maximum absolute atomic E-state index is 15.0. The molecule has 2 amide bonds. The zero-order valence-electron chi connectivity index (χ0n) is 19.5. The van der Waals surface area contributed by atoms with Gasteiger partial charge in [0.15, 0.2) is 6.17 Å². The van der Waals surface area contributed by atoms with E-state index < -0.39 is 36.2 Å². The third-order valence-corrected chi connectivity index (χ3v) is 5.62. The number of alkyl halides is 4. The Labute approximate surface area is 208 Å². The number of likely N-dealkylation sites (tertiary alicyclic amines) is 1. The number of carbonyl (C=O) groups excluding carboxylic acids is 2. The summed E-state index contributed by atoms with van der Waals surface area (Å²) in [7, 11) is 1.68. The molecule has 3 aromatic rings. The normalized spacial score (nSPS) is 17.9. The van der Waals surface area contributed by atoms with Crippen molar-refractivity contribution in [2.75, 3.05) is 13.1 Å². The van der Waals surface area contributed by atoms with Gasteiger partial charge in [0.2, 0.25) is 11.8 Å². The molecule has 37 heavy (non-hydrogen) atoms. The summed E-state index contributed by atoms with van der Waals surface area (Å²) in [5, 5.41) is 7.77. The van der Waals surface area contributed by atoms with Crippen molar-refractivity contribution in [3.8, 4) is 22.9 Å². The van der Waals surface area contributed by atoms with Crippen LogP contribution in [0.3, 0.4) is 0 Å². The predicted molar refractivity (Wildman–Crippen MR) is 120 cm³/mol. The molecule has 2 aromatic heterocycles. The Morgan fingerprint density at radius 3 is 2.54 bits per heavy atom. The summed E-state index contributed by atoms with van der Waals surface area (Å²) >= 11 is 0. The third kappa shape index (κ3) is 6.51. The molecule has 1 aliphatic heterocycles. The molecule has 1 aromatic carbocycles. The zero-order chi connectivity index (χ0) is 26.7. The number of ether oxygens (including phenoxy) is 2. The van der Waals surface area contributed by atoms with Crippen LogP contribution in [-0.4, -0.2) is 68.4 Å². The molecule has 3 heterocycles. The first kappa shape index (κ1) is 25.9. The maximum Gasteiger partial charge on any atom is 0.573 e. The topological polar surface area (TPSA) is 125 Å². The van der Waals surface area contributed by atoms with Crippen molar-refractivity contribution in [1.29, 1.82) is 0 Å². The van der Waals surface area contributed by atoms with Gasteiger partial charge in [-0.3, -0.25) is 14.3 Å². The number of hydrogen-bond donors (Lipinski definition) is 1. The molecule has 1 fully saturated rings. The highest BCUT2D eigenvalue weighted by Crippen LogP contribution is 2.27. The number of benzene rings is 1. The van der Waals surface area contributed by atoms with Crippen LogP contribution >= 0.6 is 0 Å². The smallest absolute Gasteiger partial charge is 0.471 e. The summed E-state index contributed by atoms with van der Waals surface area (Å²) in [6, 6.07) is 6.32. The number of nitrogens with zero attached hydrogens (tertiary/aromatic N) is 5. The van der Waals surface area contributed by atoms with E-state index in [9.17, 15) is 27.2 Å². The molecule has 196 valence electrons. The van der Waals surface area contributed by atoms with Gasteiger partial charge >= 0.3 is 6.36 Å². The Kier molecular flexibility index (Phi) is 7.27. The summed E-state index contributed by atoms with van der Waals surface area (Å²) in [5.74, 6) is -1.74. The standard InChI is InChI=1S/C23H22F4N6O4/c1-32-12-18(30-31-32)14-9-16(21(28)35)22(29-10-14)36-19-6-7-33(11-17(19)24)20(34)8-13-2-4-15(5-3-13)37-23(25,26)27/h2-5,9-10,12,17,19H,6-8,11H2,1H3,(H2,28,35). The molecular weight excluding hydrogens is 500 g/mol.